The van der Waals surface area contributed by atoms with E-state index >= 15 is 0 Å². The van der Waals surface area contributed by atoms with Gasteiger partial charge < -0.3 is 10.2 Å². The Morgan fingerprint density at radius 3 is 1.86 bits per heavy atom. The molecule has 0 atom stereocenters. The molecule has 0 saturated carbocycles. The number of nitrogens with zero attached hydrogens (tertiary/aromatic N) is 3. The maximum Gasteiger partial charge on any atom is 0.232 e. The van der Waals surface area contributed by atoms with Gasteiger partial charge in [0.25, 0.3) is 0 Å². The smallest absolute Gasteiger partial charge is 0.232 e. The quantitative estimate of drug-likeness (QED) is 0.227. The summed E-state index contributed by atoms with van der Waals surface area (Å²) in [5.41, 5.74) is 2.80. The van der Waals surface area contributed by atoms with E-state index in [1.54, 1.807) is 40.5 Å². The van der Waals surface area contributed by atoms with Gasteiger partial charge in [-0.15, -0.1) is 22.7 Å². The number of rotatable bonds is 6. The predicted molar refractivity (Wildman–Crippen MR) is 150 cm³/mol. The van der Waals surface area contributed by atoms with Crippen molar-refractivity contribution in [3.05, 3.63) is 90.1 Å². The lowest BCUT2D eigenvalue weighted by Crippen LogP contribution is -2.39. The Kier molecular flexibility index (Phi) is 10.1. The van der Waals surface area contributed by atoms with Crippen molar-refractivity contribution >= 4 is 71.8 Å². The molecular weight excluding hydrogens is 634 g/mol. The molecule has 0 fully saturated rings. The molecular formula is C25H24Br2F2N4OS2. The summed E-state index contributed by atoms with van der Waals surface area (Å²) in [6, 6.07) is 12.2. The first-order valence-corrected chi connectivity index (χ1v) is 14.1. The van der Waals surface area contributed by atoms with Gasteiger partial charge in [-0.1, -0.05) is 20.8 Å². The standard InChI is InChI=1S/C15H16BrFN2OS.C10H8BrFN2S/c1-15(2,3)13(20)19(8-11-9-21-14(16)18-11)12-6-4-10(17)5-7-12;11-10-14-9(6-15-10)5-13-8-3-1-7(12)2-4-8/h4-7,9H,8H2,1-3H3;1-4,6,13H,5H2. The Bertz CT molecular complexity index is 1270. The highest BCUT2D eigenvalue weighted by Gasteiger charge is 2.29. The fraction of sp³-hybridized carbons (Fsp3) is 0.240. The van der Waals surface area contributed by atoms with Gasteiger partial charge in [-0.3, -0.25) is 4.79 Å². The lowest BCUT2D eigenvalue weighted by Gasteiger charge is -2.29. The number of hydrogen-bond donors (Lipinski definition) is 1. The van der Waals surface area contributed by atoms with Gasteiger partial charge in [-0.25, -0.2) is 18.7 Å². The zero-order valence-electron chi connectivity index (χ0n) is 19.8. The molecule has 2 heterocycles. The van der Waals surface area contributed by atoms with E-state index in [4.69, 9.17) is 0 Å². The summed E-state index contributed by atoms with van der Waals surface area (Å²) >= 11 is 9.64. The number of carbonyl (C=O) groups excluding carboxylic acids is 1. The van der Waals surface area contributed by atoms with E-state index in [1.807, 2.05) is 31.5 Å². The predicted octanol–water partition coefficient (Wildman–Crippen LogP) is 8.28. The third kappa shape index (κ3) is 8.72. The fourth-order valence-corrected chi connectivity index (χ4v) is 5.03. The summed E-state index contributed by atoms with van der Waals surface area (Å²) in [5.74, 6) is -0.575. The number of aromatic nitrogens is 2. The maximum absolute atomic E-state index is 13.1. The second kappa shape index (κ2) is 12.8. The topological polar surface area (TPSA) is 58.1 Å². The molecule has 5 nitrogen and oxygen atoms in total. The molecule has 2 aromatic carbocycles. The van der Waals surface area contributed by atoms with Crippen molar-refractivity contribution in [3.8, 4) is 0 Å². The first-order valence-electron chi connectivity index (χ1n) is 10.8. The number of hydrogen-bond acceptors (Lipinski definition) is 6. The normalized spacial score (nSPS) is 11.0. The lowest BCUT2D eigenvalue weighted by atomic mass is 9.94. The number of benzene rings is 2. The maximum atomic E-state index is 13.1. The Balaban J connectivity index is 0.000000212. The van der Waals surface area contributed by atoms with Gasteiger partial charge in [-0.05, 0) is 80.4 Å². The minimum atomic E-state index is -0.526. The van der Waals surface area contributed by atoms with Crippen LogP contribution in [-0.4, -0.2) is 15.9 Å². The number of nitrogens with one attached hydrogen (secondary N) is 1. The molecule has 0 spiro atoms. The van der Waals surface area contributed by atoms with E-state index in [0.717, 1.165) is 24.9 Å². The zero-order chi connectivity index (χ0) is 26.3. The SMILES string of the molecule is CC(C)(C)C(=O)N(Cc1csc(Br)n1)c1ccc(F)cc1.Fc1ccc(NCc2csc(Br)n2)cc1. The summed E-state index contributed by atoms with van der Waals surface area (Å²) in [4.78, 5) is 22.9. The fourth-order valence-electron chi connectivity index (χ4n) is 2.95. The van der Waals surface area contributed by atoms with Crippen LogP contribution >= 0.6 is 54.5 Å². The van der Waals surface area contributed by atoms with Crippen molar-refractivity contribution in [2.75, 3.05) is 10.2 Å². The minimum absolute atomic E-state index is 0.0294. The second-order valence-corrected chi connectivity index (χ2v) is 12.9. The van der Waals surface area contributed by atoms with E-state index in [2.05, 4.69) is 47.1 Å². The summed E-state index contributed by atoms with van der Waals surface area (Å²) in [6.45, 7) is 6.60. The van der Waals surface area contributed by atoms with Crippen molar-refractivity contribution in [2.24, 2.45) is 5.41 Å². The summed E-state index contributed by atoms with van der Waals surface area (Å²) < 4.78 is 27.4. The molecule has 190 valence electrons. The minimum Gasteiger partial charge on any atom is -0.379 e. The molecule has 0 saturated heterocycles. The average Bonchev–Trinajstić information content (AvgIpc) is 3.44. The summed E-state index contributed by atoms with van der Waals surface area (Å²) in [7, 11) is 0. The van der Waals surface area contributed by atoms with Crippen LogP contribution in [0, 0.1) is 17.0 Å². The van der Waals surface area contributed by atoms with Crippen LogP contribution in [0.15, 0.2) is 67.1 Å². The van der Waals surface area contributed by atoms with Gasteiger partial charge in [0, 0.05) is 27.5 Å². The number of thiazole rings is 2. The molecule has 36 heavy (non-hydrogen) atoms. The number of amides is 1. The Labute approximate surface area is 233 Å². The van der Waals surface area contributed by atoms with Gasteiger partial charge in [-0.2, -0.15) is 0 Å². The average molecular weight is 658 g/mol. The number of halogens is 4. The van der Waals surface area contributed by atoms with Crippen LogP contribution in [0.3, 0.4) is 0 Å². The molecule has 2 aromatic heterocycles. The van der Waals surface area contributed by atoms with E-state index < -0.39 is 5.41 Å². The molecule has 1 N–H and O–H groups in total. The van der Waals surface area contributed by atoms with Crippen molar-refractivity contribution in [2.45, 2.75) is 33.9 Å². The molecule has 4 aromatic rings. The van der Waals surface area contributed by atoms with E-state index in [0.29, 0.717) is 18.8 Å². The number of anilines is 2. The van der Waals surface area contributed by atoms with E-state index in [9.17, 15) is 13.6 Å². The molecule has 0 aliphatic rings. The lowest BCUT2D eigenvalue weighted by molar-refractivity contribution is -0.125. The highest BCUT2D eigenvalue weighted by Crippen LogP contribution is 2.26. The van der Waals surface area contributed by atoms with Gasteiger partial charge in [0.15, 0.2) is 7.83 Å². The van der Waals surface area contributed by atoms with Crippen LogP contribution in [0.2, 0.25) is 0 Å². The Hall–Kier alpha value is -2.21. The zero-order valence-corrected chi connectivity index (χ0v) is 24.6. The van der Waals surface area contributed by atoms with Gasteiger partial charge in [0.05, 0.1) is 24.5 Å². The second-order valence-electron chi connectivity index (χ2n) is 8.66. The molecule has 0 aliphatic carbocycles. The van der Waals surface area contributed by atoms with E-state index in [-0.39, 0.29) is 17.5 Å². The molecule has 0 bridgehead atoms. The number of carbonyl (C=O) groups is 1. The van der Waals surface area contributed by atoms with Crippen molar-refractivity contribution in [1.82, 2.24) is 9.97 Å². The third-order valence-corrected chi connectivity index (χ3v) is 7.54. The van der Waals surface area contributed by atoms with Crippen LogP contribution in [0.1, 0.15) is 32.2 Å². The summed E-state index contributed by atoms with van der Waals surface area (Å²) in [5, 5.41) is 7.03. The van der Waals surface area contributed by atoms with Crippen LogP contribution in [-0.2, 0) is 17.9 Å². The molecule has 1 amide bonds. The molecule has 0 radical (unpaired) electrons. The van der Waals surface area contributed by atoms with Crippen LogP contribution in [0.4, 0.5) is 20.2 Å². The van der Waals surface area contributed by atoms with Crippen LogP contribution < -0.4 is 10.2 Å². The van der Waals surface area contributed by atoms with Gasteiger partial charge >= 0.3 is 0 Å². The van der Waals surface area contributed by atoms with Crippen molar-refractivity contribution in [3.63, 3.8) is 0 Å². The van der Waals surface area contributed by atoms with Crippen molar-refractivity contribution < 1.29 is 13.6 Å². The van der Waals surface area contributed by atoms with Gasteiger partial charge in [0.2, 0.25) is 5.91 Å². The Morgan fingerprint density at radius 2 is 1.39 bits per heavy atom. The largest absolute Gasteiger partial charge is 0.379 e. The first kappa shape index (κ1) is 28.4. The van der Waals surface area contributed by atoms with Crippen LogP contribution in [0.5, 0.6) is 0 Å². The first-order chi connectivity index (χ1) is 17.0. The third-order valence-electron chi connectivity index (χ3n) is 4.71. The molecule has 4 rings (SSSR count). The molecule has 11 heteroatoms. The Morgan fingerprint density at radius 1 is 0.889 bits per heavy atom. The van der Waals surface area contributed by atoms with E-state index in [1.165, 1.54) is 35.6 Å². The highest BCUT2D eigenvalue weighted by molar-refractivity contribution is 9.11. The van der Waals surface area contributed by atoms with Gasteiger partial charge in [0.1, 0.15) is 11.6 Å². The van der Waals surface area contributed by atoms with Crippen LogP contribution in [0.25, 0.3) is 0 Å². The molecule has 0 aliphatic heterocycles. The van der Waals surface area contributed by atoms with Crippen molar-refractivity contribution in [1.29, 1.82) is 0 Å². The monoisotopic (exact) mass is 656 g/mol. The molecule has 0 unspecified atom stereocenters. The summed E-state index contributed by atoms with van der Waals surface area (Å²) in [6.07, 6.45) is 0. The highest BCUT2D eigenvalue weighted by atomic mass is 79.9.